The van der Waals surface area contributed by atoms with Crippen LogP contribution in [0.25, 0.3) is 16.6 Å². The van der Waals surface area contributed by atoms with E-state index in [4.69, 9.17) is 0 Å². The number of anilines is 1. The lowest BCUT2D eigenvalue weighted by Crippen LogP contribution is -2.23. The van der Waals surface area contributed by atoms with Crippen molar-refractivity contribution in [2.45, 2.75) is 12.1 Å². The molecule has 3 aromatic carbocycles. The van der Waals surface area contributed by atoms with E-state index in [2.05, 4.69) is 10.3 Å². The van der Waals surface area contributed by atoms with Crippen LogP contribution in [-0.2, 0) is 4.79 Å². The number of aryl methyl sites for hydroxylation is 1. The Hall–Kier alpha value is -3.59. The predicted octanol–water partition coefficient (Wildman–Crippen LogP) is 4.84. The van der Waals surface area contributed by atoms with Crippen LogP contribution in [0.4, 0.5) is 18.9 Å². The van der Waals surface area contributed by atoms with Crippen LogP contribution in [0.15, 0.2) is 70.6 Å². The van der Waals surface area contributed by atoms with Gasteiger partial charge in [0, 0.05) is 11.8 Å². The Bertz CT molecular complexity index is 1410. The maximum absolute atomic E-state index is 14.2. The number of aromatic nitrogens is 2. The Morgan fingerprint density at radius 2 is 1.78 bits per heavy atom. The van der Waals surface area contributed by atoms with Crippen LogP contribution in [-0.4, -0.2) is 21.2 Å². The van der Waals surface area contributed by atoms with E-state index in [9.17, 15) is 22.8 Å². The summed E-state index contributed by atoms with van der Waals surface area (Å²) in [5, 5.41) is 3.01. The number of hydrogen-bond donors (Lipinski definition) is 1. The van der Waals surface area contributed by atoms with Gasteiger partial charge in [-0.2, -0.15) is 0 Å². The zero-order valence-electron chi connectivity index (χ0n) is 16.7. The van der Waals surface area contributed by atoms with Gasteiger partial charge in [-0.25, -0.2) is 18.2 Å². The van der Waals surface area contributed by atoms with Gasteiger partial charge in [-0.3, -0.25) is 14.2 Å². The molecule has 9 heteroatoms. The molecule has 0 saturated carbocycles. The molecule has 0 atom stereocenters. The van der Waals surface area contributed by atoms with Crippen molar-refractivity contribution in [3.05, 3.63) is 94.0 Å². The number of thioether (sulfide) groups is 1. The lowest BCUT2D eigenvalue weighted by atomic mass is 10.2. The molecule has 0 saturated heterocycles. The average molecular weight is 455 g/mol. The molecule has 0 spiro atoms. The van der Waals surface area contributed by atoms with Crippen LogP contribution in [0.1, 0.15) is 5.56 Å². The van der Waals surface area contributed by atoms with Gasteiger partial charge in [0.15, 0.2) is 16.8 Å². The summed E-state index contributed by atoms with van der Waals surface area (Å²) < 4.78 is 41.9. The highest BCUT2D eigenvalue weighted by Gasteiger charge is 2.16. The summed E-state index contributed by atoms with van der Waals surface area (Å²) in [6.07, 6.45) is 0. The van der Waals surface area contributed by atoms with E-state index < -0.39 is 28.9 Å². The normalized spacial score (nSPS) is 11.0. The first-order valence-corrected chi connectivity index (χ1v) is 10.5. The highest BCUT2D eigenvalue weighted by Crippen LogP contribution is 2.23. The van der Waals surface area contributed by atoms with Gasteiger partial charge in [0.2, 0.25) is 5.91 Å². The molecular weight excluding hydrogens is 439 g/mol. The fraction of sp³-hybridized carbons (Fsp3) is 0.0870. The third-order valence-electron chi connectivity index (χ3n) is 4.69. The number of carbonyl (C=O) groups excluding carboxylic acids is 1. The molecule has 162 valence electrons. The summed E-state index contributed by atoms with van der Waals surface area (Å²) >= 11 is 0.965. The summed E-state index contributed by atoms with van der Waals surface area (Å²) in [5.41, 5.74) is 0.835. The number of benzene rings is 3. The number of para-hydroxylation sites is 1. The fourth-order valence-electron chi connectivity index (χ4n) is 3.06. The van der Waals surface area contributed by atoms with E-state index in [1.807, 2.05) is 0 Å². The molecule has 0 unspecified atom stereocenters. The molecule has 32 heavy (non-hydrogen) atoms. The molecular formula is C23H16F3N3O2S. The van der Waals surface area contributed by atoms with Crippen molar-refractivity contribution in [1.82, 2.24) is 9.55 Å². The van der Waals surface area contributed by atoms with Crippen LogP contribution in [0.5, 0.6) is 0 Å². The number of amides is 1. The van der Waals surface area contributed by atoms with E-state index >= 15 is 0 Å². The van der Waals surface area contributed by atoms with Crippen LogP contribution >= 0.6 is 11.8 Å². The molecule has 0 aliphatic carbocycles. The minimum absolute atomic E-state index is 0.0963. The van der Waals surface area contributed by atoms with Gasteiger partial charge in [0.25, 0.3) is 5.56 Å². The standard InChI is InChI=1S/C23H16F3N3O2S/c1-13-6-8-15(11-18(13)25)29-22(31)16-4-2-3-5-20(16)28-23(29)32-12-21(30)27-14-7-9-17(24)19(26)10-14/h2-11H,12H2,1H3,(H,27,30). The maximum atomic E-state index is 14.2. The van der Waals surface area contributed by atoms with Crippen LogP contribution < -0.4 is 10.9 Å². The average Bonchev–Trinajstić information content (AvgIpc) is 2.77. The third kappa shape index (κ3) is 4.38. The van der Waals surface area contributed by atoms with E-state index in [1.54, 1.807) is 43.3 Å². The molecule has 1 aromatic heterocycles. The highest BCUT2D eigenvalue weighted by molar-refractivity contribution is 7.99. The molecule has 4 rings (SSSR count). The SMILES string of the molecule is Cc1ccc(-n2c(SCC(=O)Nc3ccc(F)c(F)c3)nc3ccccc3c2=O)cc1F. The van der Waals surface area contributed by atoms with Gasteiger partial charge in [0.1, 0.15) is 5.82 Å². The minimum Gasteiger partial charge on any atom is -0.325 e. The molecule has 0 bridgehead atoms. The maximum Gasteiger partial charge on any atom is 0.266 e. The van der Waals surface area contributed by atoms with Crippen molar-refractivity contribution in [2.75, 3.05) is 11.1 Å². The second-order valence-electron chi connectivity index (χ2n) is 6.95. The van der Waals surface area contributed by atoms with Crippen molar-refractivity contribution in [1.29, 1.82) is 0 Å². The lowest BCUT2D eigenvalue weighted by molar-refractivity contribution is -0.113. The van der Waals surface area contributed by atoms with E-state index in [0.717, 1.165) is 23.9 Å². The third-order valence-corrected chi connectivity index (χ3v) is 5.63. The van der Waals surface area contributed by atoms with E-state index in [-0.39, 0.29) is 22.3 Å². The van der Waals surface area contributed by atoms with Crippen molar-refractivity contribution < 1.29 is 18.0 Å². The Morgan fingerprint density at radius 3 is 2.53 bits per heavy atom. The monoisotopic (exact) mass is 455 g/mol. The van der Waals surface area contributed by atoms with Crippen LogP contribution in [0.2, 0.25) is 0 Å². The second kappa shape index (κ2) is 8.88. The number of hydrogen-bond acceptors (Lipinski definition) is 4. The Labute approximate surface area is 184 Å². The first-order chi connectivity index (χ1) is 15.3. The summed E-state index contributed by atoms with van der Waals surface area (Å²) in [6, 6.07) is 14.1. The summed E-state index contributed by atoms with van der Waals surface area (Å²) in [5.74, 6) is -3.26. The van der Waals surface area contributed by atoms with E-state index in [0.29, 0.717) is 16.5 Å². The van der Waals surface area contributed by atoms with E-state index in [1.165, 1.54) is 16.7 Å². The Kier molecular flexibility index (Phi) is 6.00. The summed E-state index contributed by atoms with van der Waals surface area (Å²) in [7, 11) is 0. The van der Waals surface area contributed by atoms with Gasteiger partial charge in [-0.05, 0) is 48.9 Å². The summed E-state index contributed by atoms with van der Waals surface area (Å²) in [6.45, 7) is 1.61. The number of halogens is 3. The van der Waals surface area contributed by atoms with Crippen LogP contribution in [0, 0.1) is 24.4 Å². The van der Waals surface area contributed by atoms with Crippen molar-refractivity contribution in [3.8, 4) is 5.69 Å². The first-order valence-electron chi connectivity index (χ1n) is 9.49. The van der Waals surface area contributed by atoms with Gasteiger partial charge >= 0.3 is 0 Å². The molecule has 5 nitrogen and oxygen atoms in total. The number of carbonyl (C=O) groups is 1. The smallest absolute Gasteiger partial charge is 0.266 e. The molecule has 1 N–H and O–H groups in total. The van der Waals surface area contributed by atoms with Gasteiger partial charge in [-0.1, -0.05) is 30.0 Å². The topological polar surface area (TPSA) is 64.0 Å². The molecule has 1 amide bonds. The highest BCUT2D eigenvalue weighted by atomic mass is 32.2. The molecule has 1 heterocycles. The number of nitrogens with zero attached hydrogens (tertiary/aromatic N) is 2. The van der Waals surface area contributed by atoms with Gasteiger partial charge in [-0.15, -0.1) is 0 Å². The predicted molar refractivity (Wildman–Crippen MR) is 118 cm³/mol. The second-order valence-corrected chi connectivity index (χ2v) is 7.89. The molecule has 0 aliphatic heterocycles. The zero-order chi connectivity index (χ0) is 22.8. The minimum atomic E-state index is -1.08. The van der Waals surface area contributed by atoms with Crippen LogP contribution in [0.3, 0.4) is 0 Å². The Morgan fingerprint density at radius 1 is 1.00 bits per heavy atom. The number of nitrogens with one attached hydrogen (secondary N) is 1. The Balaban J connectivity index is 1.67. The largest absolute Gasteiger partial charge is 0.325 e. The molecule has 0 radical (unpaired) electrons. The first kappa shape index (κ1) is 21.6. The number of fused-ring (bicyclic) bond motifs is 1. The van der Waals surface area contributed by atoms with Crippen molar-refractivity contribution in [2.24, 2.45) is 0 Å². The van der Waals surface area contributed by atoms with Crippen molar-refractivity contribution in [3.63, 3.8) is 0 Å². The summed E-state index contributed by atoms with van der Waals surface area (Å²) in [4.78, 5) is 30.0. The van der Waals surface area contributed by atoms with Gasteiger partial charge < -0.3 is 5.32 Å². The van der Waals surface area contributed by atoms with Crippen molar-refractivity contribution >= 4 is 34.3 Å². The fourth-order valence-corrected chi connectivity index (χ4v) is 3.87. The number of rotatable bonds is 5. The molecule has 0 fully saturated rings. The zero-order valence-corrected chi connectivity index (χ0v) is 17.6. The molecule has 0 aliphatic rings. The lowest BCUT2D eigenvalue weighted by Gasteiger charge is -2.14. The molecule has 4 aromatic rings. The quantitative estimate of drug-likeness (QED) is 0.346. The van der Waals surface area contributed by atoms with Gasteiger partial charge in [0.05, 0.1) is 22.3 Å².